The molecule has 3 rings (SSSR count). The van der Waals surface area contributed by atoms with Crippen LogP contribution in [0.2, 0.25) is 5.02 Å². The van der Waals surface area contributed by atoms with Gasteiger partial charge in [0.25, 0.3) is 5.91 Å². The fourth-order valence-corrected chi connectivity index (χ4v) is 4.33. The average Bonchev–Trinajstić information content (AvgIpc) is 2.86. The average molecular weight is 324 g/mol. The summed E-state index contributed by atoms with van der Waals surface area (Å²) in [5.74, 6) is -0.0439. The molecular formula is C16H20ClN2OS+. The lowest BCUT2D eigenvalue weighted by Crippen LogP contribution is -3.13. The number of quaternary nitrogens is 1. The molecule has 0 radical (unpaired) electrons. The molecule has 0 bridgehead atoms. The molecule has 21 heavy (non-hydrogen) atoms. The third-order valence-corrected chi connectivity index (χ3v) is 5.74. The normalized spacial score (nSPS) is 16.2. The lowest BCUT2D eigenvalue weighted by Gasteiger charge is -2.23. The number of fused-ring (bicyclic) bond motifs is 1. The number of piperidine rings is 1. The Bertz CT molecular complexity index is 634. The van der Waals surface area contributed by atoms with E-state index in [0.29, 0.717) is 9.90 Å². The van der Waals surface area contributed by atoms with Crippen molar-refractivity contribution in [3.8, 4) is 0 Å². The number of hydrogen-bond donors (Lipinski definition) is 2. The summed E-state index contributed by atoms with van der Waals surface area (Å²) in [4.78, 5) is 14.5. The van der Waals surface area contributed by atoms with E-state index in [9.17, 15) is 4.79 Å². The summed E-state index contributed by atoms with van der Waals surface area (Å²) >= 11 is 7.79. The van der Waals surface area contributed by atoms with Crippen LogP contribution in [0.15, 0.2) is 24.3 Å². The van der Waals surface area contributed by atoms with Crippen LogP contribution >= 0.6 is 22.9 Å². The molecule has 0 spiro atoms. The minimum absolute atomic E-state index is 0.0439. The minimum atomic E-state index is -0.0439. The van der Waals surface area contributed by atoms with E-state index >= 15 is 0 Å². The fraction of sp³-hybridized carbons (Fsp3) is 0.438. The molecule has 5 heteroatoms. The molecule has 1 fully saturated rings. The van der Waals surface area contributed by atoms with Crippen molar-refractivity contribution in [2.75, 3.05) is 26.2 Å². The Morgan fingerprint density at radius 1 is 1.24 bits per heavy atom. The number of nitrogens with one attached hydrogen (secondary N) is 2. The third kappa shape index (κ3) is 3.39. The molecule has 2 N–H and O–H groups in total. The predicted molar refractivity (Wildman–Crippen MR) is 88.6 cm³/mol. The number of carbonyl (C=O) groups is 1. The zero-order valence-corrected chi connectivity index (χ0v) is 13.5. The van der Waals surface area contributed by atoms with Crippen molar-refractivity contribution >= 4 is 38.9 Å². The van der Waals surface area contributed by atoms with Gasteiger partial charge in [-0.15, -0.1) is 11.3 Å². The van der Waals surface area contributed by atoms with Gasteiger partial charge in [0.05, 0.1) is 31.2 Å². The molecule has 0 unspecified atom stereocenters. The highest BCUT2D eigenvalue weighted by Gasteiger charge is 2.18. The van der Waals surface area contributed by atoms with Gasteiger partial charge in [-0.3, -0.25) is 4.79 Å². The molecule has 112 valence electrons. The Labute approximate surface area is 133 Å². The molecule has 1 aromatic heterocycles. The molecule has 1 aliphatic rings. The number of hydrogen-bond acceptors (Lipinski definition) is 2. The predicted octanol–water partition coefficient (Wildman–Crippen LogP) is 2.35. The van der Waals surface area contributed by atoms with Crippen molar-refractivity contribution in [3.05, 3.63) is 34.2 Å². The molecule has 0 atom stereocenters. The van der Waals surface area contributed by atoms with E-state index < -0.39 is 0 Å². The van der Waals surface area contributed by atoms with Crippen molar-refractivity contribution in [2.24, 2.45) is 0 Å². The first-order valence-corrected chi connectivity index (χ1v) is 8.74. The van der Waals surface area contributed by atoms with Gasteiger partial charge in [-0.2, -0.15) is 0 Å². The van der Waals surface area contributed by atoms with E-state index in [-0.39, 0.29) is 5.91 Å². The maximum Gasteiger partial charge on any atom is 0.263 e. The van der Waals surface area contributed by atoms with Crippen LogP contribution in [0.3, 0.4) is 0 Å². The smallest absolute Gasteiger partial charge is 0.263 e. The van der Waals surface area contributed by atoms with Gasteiger partial charge in [-0.05, 0) is 25.3 Å². The summed E-state index contributed by atoms with van der Waals surface area (Å²) in [6.45, 7) is 4.20. The molecule has 2 aromatic rings. The van der Waals surface area contributed by atoms with E-state index in [1.54, 1.807) is 4.90 Å². The number of halogens is 1. The van der Waals surface area contributed by atoms with Gasteiger partial charge < -0.3 is 10.2 Å². The van der Waals surface area contributed by atoms with Crippen molar-refractivity contribution < 1.29 is 9.69 Å². The second-order valence-corrected chi connectivity index (χ2v) is 6.99. The van der Waals surface area contributed by atoms with Crippen molar-refractivity contribution in [1.29, 1.82) is 0 Å². The van der Waals surface area contributed by atoms with Crippen LogP contribution in [0.4, 0.5) is 0 Å². The monoisotopic (exact) mass is 323 g/mol. The molecule has 1 aliphatic heterocycles. The first kappa shape index (κ1) is 14.8. The van der Waals surface area contributed by atoms with Gasteiger partial charge in [0, 0.05) is 10.1 Å². The van der Waals surface area contributed by atoms with Gasteiger partial charge in [-0.1, -0.05) is 29.8 Å². The SMILES string of the molecule is O=C(NCC[NH+]1CCCCC1)c1sc2ccccc2c1Cl. The second kappa shape index (κ2) is 6.77. The maximum atomic E-state index is 12.3. The minimum Gasteiger partial charge on any atom is -0.346 e. The lowest BCUT2D eigenvalue weighted by molar-refractivity contribution is -0.903. The van der Waals surface area contributed by atoms with E-state index in [1.807, 2.05) is 24.3 Å². The van der Waals surface area contributed by atoms with Crippen LogP contribution in [0, 0.1) is 0 Å². The summed E-state index contributed by atoms with van der Waals surface area (Å²) in [5, 5.41) is 4.56. The van der Waals surface area contributed by atoms with Crippen LogP contribution < -0.4 is 10.2 Å². The van der Waals surface area contributed by atoms with Crippen LogP contribution in [0.1, 0.15) is 28.9 Å². The van der Waals surface area contributed by atoms with Crippen molar-refractivity contribution in [2.45, 2.75) is 19.3 Å². The first-order valence-electron chi connectivity index (χ1n) is 7.54. The third-order valence-electron chi connectivity index (χ3n) is 4.07. The van der Waals surface area contributed by atoms with E-state index in [2.05, 4.69) is 5.32 Å². The van der Waals surface area contributed by atoms with E-state index in [1.165, 1.54) is 43.7 Å². The van der Waals surface area contributed by atoms with Gasteiger partial charge >= 0.3 is 0 Å². The summed E-state index contributed by atoms with van der Waals surface area (Å²) < 4.78 is 1.06. The van der Waals surface area contributed by atoms with Gasteiger partial charge in [0.1, 0.15) is 4.88 Å². The molecule has 1 saturated heterocycles. The highest BCUT2D eigenvalue weighted by Crippen LogP contribution is 2.34. The highest BCUT2D eigenvalue weighted by atomic mass is 35.5. The summed E-state index contributed by atoms with van der Waals surface area (Å²) in [6, 6.07) is 7.88. The van der Waals surface area contributed by atoms with Crippen LogP contribution in [-0.4, -0.2) is 32.1 Å². The van der Waals surface area contributed by atoms with Crippen LogP contribution in [0.5, 0.6) is 0 Å². The largest absolute Gasteiger partial charge is 0.346 e. The van der Waals surface area contributed by atoms with Gasteiger partial charge in [0.15, 0.2) is 0 Å². The zero-order valence-electron chi connectivity index (χ0n) is 12.0. The van der Waals surface area contributed by atoms with Crippen molar-refractivity contribution in [1.82, 2.24) is 5.32 Å². The number of carbonyl (C=O) groups excluding carboxylic acids is 1. The second-order valence-electron chi connectivity index (χ2n) is 5.56. The molecule has 1 aromatic carbocycles. The van der Waals surface area contributed by atoms with Crippen LogP contribution in [-0.2, 0) is 0 Å². The zero-order chi connectivity index (χ0) is 14.7. The quantitative estimate of drug-likeness (QED) is 0.890. The Hall–Kier alpha value is -1.10. The summed E-state index contributed by atoms with van der Waals surface area (Å²) in [5.41, 5.74) is 0. The number of likely N-dealkylation sites (tertiary alicyclic amines) is 1. The van der Waals surface area contributed by atoms with E-state index in [0.717, 1.165) is 23.2 Å². The standard InChI is InChI=1S/C16H19ClN2OS/c17-14-12-6-2-3-7-13(12)21-15(14)16(20)18-8-11-19-9-4-1-5-10-19/h2-3,6-7H,1,4-5,8-11H2,(H,18,20)/p+1. The topological polar surface area (TPSA) is 33.5 Å². The Balaban J connectivity index is 1.60. The molecule has 1 amide bonds. The van der Waals surface area contributed by atoms with Crippen LogP contribution in [0.25, 0.3) is 10.1 Å². The number of benzene rings is 1. The lowest BCUT2D eigenvalue weighted by atomic mass is 10.1. The number of thiophene rings is 1. The summed E-state index contributed by atoms with van der Waals surface area (Å²) in [7, 11) is 0. The molecule has 2 heterocycles. The molecule has 0 saturated carbocycles. The van der Waals surface area contributed by atoms with E-state index in [4.69, 9.17) is 11.6 Å². The van der Waals surface area contributed by atoms with Crippen molar-refractivity contribution in [3.63, 3.8) is 0 Å². The number of amides is 1. The molecule has 3 nitrogen and oxygen atoms in total. The number of rotatable bonds is 4. The maximum absolute atomic E-state index is 12.3. The molecule has 0 aliphatic carbocycles. The highest BCUT2D eigenvalue weighted by molar-refractivity contribution is 7.21. The Kier molecular flexibility index (Phi) is 4.78. The Morgan fingerprint density at radius 3 is 2.76 bits per heavy atom. The fourth-order valence-electron chi connectivity index (χ4n) is 2.89. The van der Waals surface area contributed by atoms with Gasteiger partial charge in [0.2, 0.25) is 0 Å². The van der Waals surface area contributed by atoms with Gasteiger partial charge in [-0.25, -0.2) is 0 Å². The first-order chi connectivity index (χ1) is 10.3. The Morgan fingerprint density at radius 2 is 2.00 bits per heavy atom. The molecular weight excluding hydrogens is 304 g/mol. The summed E-state index contributed by atoms with van der Waals surface area (Å²) in [6.07, 6.45) is 3.98.